The minimum atomic E-state index is -0.777. The van der Waals surface area contributed by atoms with Gasteiger partial charge in [0.2, 0.25) is 0 Å². The zero-order chi connectivity index (χ0) is 16.9. The van der Waals surface area contributed by atoms with Crippen LogP contribution in [0.2, 0.25) is 0 Å². The Labute approximate surface area is 127 Å². The van der Waals surface area contributed by atoms with E-state index in [1.165, 1.54) is 0 Å². The summed E-state index contributed by atoms with van der Waals surface area (Å²) in [5.74, 6) is 0. The van der Waals surface area contributed by atoms with Crippen molar-refractivity contribution in [1.82, 2.24) is 0 Å². The monoisotopic (exact) mass is 302 g/mol. The van der Waals surface area contributed by atoms with Gasteiger partial charge in [-0.25, -0.2) is 9.59 Å². The molecular formula is C15H30N2O4. The maximum Gasteiger partial charge on any atom is 0.405 e. The molecule has 2 amide bonds. The number of nitrogens with two attached hydrogens (primary N) is 2. The van der Waals surface area contributed by atoms with Gasteiger partial charge in [-0.05, 0) is 19.3 Å². The van der Waals surface area contributed by atoms with Crippen molar-refractivity contribution in [3.05, 3.63) is 0 Å². The molecule has 6 nitrogen and oxygen atoms in total. The van der Waals surface area contributed by atoms with Crippen molar-refractivity contribution >= 4 is 12.2 Å². The van der Waals surface area contributed by atoms with Gasteiger partial charge < -0.3 is 20.9 Å². The molecule has 0 fully saturated rings. The van der Waals surface area contributed by atoms with Crippen molar-refractivity contribution < 1.29 is 19.1 Å². The topological polar surface area (TPSA) is 105 Å². The first kappa shape index (κ1) is 19.5. The van der Waals surface area contributed by atoms with Crippen LogP contribution >= 0.6 is 0 Å². The number of carbonyl (C=O) groups is 2. The Morgan fingerprint density at radius 2 is 1.33 bits per heavy atom. The number of amides is 2. The zero-order valence-electron chi connectivity index (χ0n) is 14.1. The molecule has 21 heavy (non-hydrogen) atoms. The lowest BCUT2D eigenvalue weighted by molar-refractivity contribution is -0.143. The van der Waals surface area contributed by atoms with Crippen molar-refractivity contribution in [1.29, 1.82) is 0 Å². The van der Waals surface area contributed by atoms with Crippen molar-refractivity contribution in [2.24, 2.45) is 22.3 Å². The van der Waals surface area contributed by atoms with Crippen molar-refractivity contribution in [2.45, 2.75) is 66.4 Å². The number of rotatable bonds is 6. The average molecular weight is 302 g/mol. The average Bonchev–Trinajstić information content (AvgIpc) is 2.22. The highest BCUT2D eigenvalue weighted by molar-refractivity contribution is 5.65. The quantitative estimate of drug-likeness (QED) is 0.735. The van der Waals surface area contributed by atoms with Crippen LogP contribution in [0.3, 0.4) is 0 Å². The maximum atomic E-state index is 11.4. The molecule has 6 heteroatoms. The lowest BCUT2D eigenvalue weighted by atomic mass is 9.60. The molecule has 0 atom stereocenters. The summed E-state index contributed by atoms with van der Waals surface area (Å²) in [6, 6.07) is 0. The summed E-state index contributed by atoms with van der Waals surface area (Å²) in [5, 5.41) is 0. The summed E-state index contributed by atoms with van der Waals surface area (Å²) < 4.78 is 10.3. The Hall–Kier alpha value is -1.46. The van der Waals surface area contributed by atoms with E-state index in [0.717, 1.165) is 6.42 Å². The number of primary amides is 2. The second-order valence-electron chi connectivity index (χ2n) is 7.37. The van der Waals surface area contributed by atoms with Crippen molar-refractivity contribution in [2.75, 3.05) is 6.61 Å². The molecule has 0 aromatic rings. The number of unbranched alkanes of at least 4 members (excludes halogenated alkanes) is 1. The van der Waals surface area contributed by atoms with Crippen LogP contribution in [0.15, 0.2) is 0 Å². The lowest BCUT2D eigenvalue weighted by Gasteiger charge is -2.52. The van der Waals surface area contributed by atoms with E-state index in [4.69, 9.17) is 20.9 Å². The van der Waals surface area contributed by atoms with E-state index in [9.17, 15) is 9.59 Å². The highest BCUT2D eigenvalue weighted by atomic mass is 16.6. The first-order valence-electron chi connectivity index (χ1n) is 7.24. The molecule has 0 saturated heterocycles. The van der Waals surface area contributed by atoms with E-state index >= 15 is 0 Å². The Balaban J connectivity index is 5.04. The SMILES string of the molecule is CC(C)(C)C(CCCCOC(N)=O)(OC(N)=O)C(C)(C)C. The molecule has 0 aliphatic carbocycles. The smallest absolute Gasteiger partial charge is 0.405 e. The second-order valence-corrected chi connectivity index (χ2v) is 7.37. The summed E-state index contributed by atoms with van der Waals surface area (Å²) in [7, 11) is 0. The molecule has 0 bridgehead atoms. The third-order valence-electron chi connectivity index (χ3n) is 3.87. The van der Waals surface area contributed by atoms with Crippen LogP contribution in [0.4, 0.5) is 9.59 Å². The Bertz CT molecular complexity index is 353. The van der Waals surface area contributed by atoms with E-state index < -0.39 is 17.8 Å². The van der Waals surface area contributed by atoms with Crippen LogP contribution in [0.1, 0.15) is 60.8 Å². The van der Waals surface area contributed by atoms with Crippen LogP contribution in [-0.2, 0) is 9.47 Å². The fourth-order valence-corrected chi connectivity index (χ4v) is 3.05. The molecule has 0 rings (SSSR count). The van der Waals surface area contributed by atoms with Gasteiger partial charge in [-0.1, -0.05) is 41.5 Å². The first-order chi connectivity index (χ1) is 9.33. The molecule has 0 aromatic carbocycles. The summed E-state index contributed by atoms with van der Waals surface area (Å²) in [6.45, 7) is 12.4. The van der Waals surface area contributed by atoms with Crippen LogP contribution in [-0.4, -0.2) is 24.4 Å². The Morgan fingerprint density at radius 3 is 1.67 bits per heavy atom. The van der Waals surface area contributed by atoms with Crippen molar-refractivity contribution in [3.8, 4) is 0 Å². The predicted molar refractivity (Wildman–Crippen MR) is 81.7 cm³/mol. The van der Waals surface area contributed by atoms with E-state index in [-0.39, 0.29) is 17.4 Å². The van der Waals surface area contributed by atoms with E-state index in [1.807, 2.05) is 41.5 Å². The van der Waals surface area contributed by atoms with Gasteiger partial charge in [-0.15, -0.1) is 0 Å². The normalized spacial score (nSPS) is 12.9. The molecule has 0 radical (unpaired) electrons. The van der Waals surface area contributed by atoms with E-state index in [2.05, 4.69) is 0 Å². The van der Waals surface area contributed by atoms with Gasteiger partial charge in [0.1, 0.15) is 5.60 Å². The number of hydrogen-bond donors (Lipinski definition) is 2. The molecule has 0 spiro atoms. The molecular weight excluding hydrogens is 272 g/mol. The molecule has 0 aliphatic heterocycles. The summed E-state index contributed by atoms with van der Waals surface area (Å²) in [6.07, 6.45) is 0.466. The fraction of sp³-hybridized carbons (Fsp3) is 0.867. The Morgan fingerprint density at radius 1 is 0.857 bits per heavy atom. The summed E-state index contributed by atoms with van der Waals surface area (Å²) >= 11 is 0. The third kappa shape index (κ3) is 5.44. The molecule has 0 unspecified atom stereocenters. The highest BCUT2D eigenvalue weighted by Crippen LogP contribution is 2.50. The van der Waals surface area contributed by atoms with Crippen LogP contribution in [0, 0.1) is 10.8 Å². The van der Waals surface area contributed by atoms with Gasteiger partial charge in [0.05, 0.1) is 6.61 Å². The minimum Gasteiger partial charge on any atom is -0.450 e. The molecule has 0 saturated carbocycles. The van der Waals surface area contributed by atoms with Crippen molar-refractivity contribution in [3.63, 3.8) is 0 Å². The Kier molecular flexibility index (Phi) is 6.52. The number of ether oxygens (including phenoxy) is 2. The van der Waals surface area contributed by atoms with E-state index in [0.29, 0.717) is 12.8 Å². The molecule has 4 N–H and O–H groups in total. The summed E-state index contributed by atoms with van der Waals surface area (Å²) in [5.41, 5.74) is 8.93. The van der Waals surface area contributed by atoms with Crippen LogP contribution in [0.5, 0.6) is 0 Å². The number of hydrogen-bond acceptors (Lipinski definition) is 4. The third-order valence-corrected chi connectivity index (χ3v) is 3.87. The van der Waals surface area contributed by atoms with Crippen LogP contribution in [0.25, 0.3) is 0 Å². The van der Waals surface area contributed by atoms with Gasteiger partial charge >= 0.3 is 12.2 Å². The van der Waals surface area contributed by atoms with Gasteiger partial charge in [-0.2, -0.15) is 0 Å². The minimum absolute atomic E-state index is 0.260. The fourth-order valence-electron chi connectivity index (χ4n) is 3.05. The second kappa shape index (κ2) is 7.00. The predicted octanol–water partition coefficient (Wildman–Crippen LogP) is 3.18. The van der Waals surface area contributed by atoms with Gasteiger partial charge in [0, 0.05) is 10.8 Å². The molecule has 124 valence electrons. The number of carbonyl (C=O) groups excluding carboxylic acids is 2. The van der Waals surface area contributed by atoms with Gasteiger partial charge in [-0.3, -0.25) is 0 Å². The van der Waals surface area contributed by atoms with E-state index in [1.54, 1.807) is 0 Å². The highest BCUT2D eigenvalue weighted by Gasteiger charge is 2.53. The summed E-state index contributed by atoms with van der Waals surface area (Å²) in [4.78, 5) is 21.9. The molecule has 0 aromatic heterocycles. The maximum absolute atomic E-state index is 11.4. The largest absolute Gasteiger partial charge is 0.450 e. The lowest BCUT2D eigenvalue weighted by Crippen LogP contribution is -2.56. The standard InChI is InChI=1S/C15H30N2O4/c1-13(2,3)15(14(4,5)6,21-12(17)19)9-7-8-10-20-11(16)18/h7-10H2,1-6H3,(H2,16,18)(H2,17,19). The van der Waals surface area contributed by atoms with Gasteiger partial charge in [0.25, 0.3) is 0 Å². The van der Waals surface area contributed by atoms with Crippen LogP contribution < -0.4 is 11.5 Å². The first-order valence-corrected chi connectivity index (χ1v) is 7.24. The molecule has 0 aliphatic rings. The molecule has 0 heterocycles. The zero-order valence-corrected chi connectivity index (χ0v) is 14.1. The van der Waals surface area contributed by atoms with Gasteiger partial charge in [0.15, 0.2) is 0 Å².